The van der Waals surface area contributed by atoms with E-state index in [9.17, 15) is 24.9 Å². The van der Waals surface area contributed by atoms with Gasteiger partial charge in [0, 0.05) is 6.54 Å². The monoisotopic (exact) mass is 527 g/mol. The van der Waals surface area contributed by atoms with E-state index in [4.69, 9.17) is 0 Å². The van der Waals surface area contributed by atoms with Gasteiger partial charge >= 0.3 is 6.03 Å². The molecule has 8 heteroatoms. The lowest BCUT2D eigenvalue weighted by molar-refractivity contribution is -0.116. The summed E-state index contributed by atoms with van der Waals surface area (Å²) in [4.78, 5) is 27.3. The Morgan fingerprint density at radius 3 is 1.76 bits per heavy atom. The second-order valence-electron chi connectivity index (χ2n) is 13.1. The van der Waals surface area contributed by atoms with Gasteiger partial charge in [0.2, 0.25) is 6.41 Å². The molecule has 0 fully saturated rings. The first-order valence-corrected chi connectivity index (χ1v) is 12.9. The number of phenolic OH excluding ortho intramolecular Hbond substituents is 2. The zero-order chi connectivity index (χ0) is 29.2. The van der Waals surface area contributed by atoms with Gasteiger partial charge in [0.05, 0.1) is 6.54 Å². The number of nitrogens with zero attached hydrogens (tertiary/aromatic N) is 2. The Bertz CT molecular complexity index is 1120. The predicted molar refractivity (Wildman–Crippen MR) is 150 cm³/mol. The number of rotatable bonds is 7. The molecule has 4 N–H and O–H groups in total. The summed E-state index contributed by atoms with van der Waals surface area (Å²) in [5.74, 6) is 0.426. The van der Waals surface area contributed by atoms with Gasteiger partial charge in [0.25, 0.3) is 0 Å². The van der Waals surface area contributed by atoms with E-state index in [0.717, 1.165) is 27.2 Å². The maximum atomic E-state index is 12.9. The van der Waals surface area contributed by atoms with Gasteiger partial charge in [-0.1, -0.05) is 74.4 Å². The van der Waals surface area contributed by atoms with E-state index >= 15 is 0 Å². The third-order valence-electron chi connectivity index (χ3n) is 6.50. The molecule has 210 valence electrons. The molecule has 0 saturated carbocycles. The fraction of sp³-hybridized carbons (Fsp3) is 0.533. The largest absolute Gasteiger partial charge is 0.508 e. The standard InChI is InChI=1S/C30H45N3O5/c1-28(2,3)21-13-19(11-12-24(21)35)16-32(10)26(37)31-27(38)33(18-34)17-20-14-22(29(4,5)6)25(36)23(15-20)30(7,8)9/h11-15,18,26,35-37H,16-17H2,1-10H3,(H,31,38). The SMILES string of the molecule is CN(Cc1ccc(O)c(C(C)(C)C)c1)C(O)NC(=O)N(C=O)Cc1cc(C(C)(C)C)c(O)c(C(C)(C)C)c1. The fourth-order valence-electron chi connectivity index (χ4n) is 4.24. The molecule has 2 aromatic rings. The maximum absolute atomic E-state index is 12.9. The van der Waals surface area contributed by atoms with E-state index in [1.807, 2.05) is 80.5 Å². The zero-order valence-corrected chi connectivity index (χ0v) is 24.5. The summed E-state index contributed by atoms with van der Waals surface area (Å²) in [6.07, 6.45) is -0.926. The molecular weight excluding hydrogens is 482 g/mol. The average Bonchev–Trinajstić information content (AvgIpc) is 2.76. The lowest BCUT2D eigenvalue weighted by Crippen LogP contribution is -2.50. The molecule has 0 aromatic heterocycles. The number of hydrogen-bond donors (Lipinski definition) is 4. The molecule has 0 bridgehead atoms. The van der Waals surface area contributed by atoms with Crippen LogP contribution < -0.4 is 5.32 Å². The van der Waals surface area contributed by atoms with Gasteiger partial charge in [0.1, 0.15) is 11.5 Å². The van der Waals surface area contributed by atoms with Crippen molar-refractivity contribution < 1.29 is 24.9 Å². The van der Waals surface area contributed by atoms with Crippen molar-refractivity contribution in [2.45, 2.75) is 98.0 Å². The van der Waals surface area contributed by atoms with E-state index in [2.05, 4.69) is 5.32 Å². The van der Waals surface area contributed by atoms with Gasteiger partial charge in [-0.2, -0.15) is 0 Å². The molecule has 0 heterocycles. The molecule has 0 aliphatic carbocycles. The lowest BCUT2D eigenvalue weighted by atomic mass is 9.78. The Morgan fingerprint density at radius 1 is 0.842 bits per heavy atom. The summed E-state index contributed by atoms with van der Waals surface area (Å²) in [7, 11) is 1.64. The molecule has 1 unspecified atom stereocenters. The molecule has 8 nitrogen and oxygen atoms in total. The zero-order valence-electron chi connectivity index (χ0n) is 24.5. The summed E-state index contributed by atoms with van der Waals surface area (Å²) in [5, 5.41) is 34.3. The number of aliphatic hydroxyl groups excluding tert-OH is 1. The molecular formula is C30H45N3O5. The quantitative estimate of drug-likeness (QED) is 0.296. The van der Waals surface area contributed by atoms with Crippen LogP contribution in [0.3, 0.4) is 0 Å². The summed E-state index contributed by atoms with van der Waals surface area (Å²) >= 11 is 0. The minimum Gasteiger partial charge on any atom is -0.508 e. The third-order valence-corrected chi connectivity index (χ3v) is 6.50. The maximum Gasteiger partial charge on any atom is 0.327 e. The van der Waals surface area contributed by atoms with Crippen LogP contribution in [0.25, 0.3) is 0 Å². The Balaban J connectivity index is 2.21. The van der Waals surface area contributed by atoms with Crippen LogP contribution in [0.1, 0.15) is 90.1 Å². The number of phenols is 2. The van der Waals surface area contributed by atoms with E-state index in [1.165, 1.54) is 4.90 Å². The third kappa shape index (κ3) is 7.71. The molecule has 38 heavy (non-hydrogen) atoms. The summed E-state index contributed by atoms with van der Waals surface area (Å²) in [6, 6.07) is 8.14. The van der Waals surface area contributed by atoms with Gasteiger partial charge in [-0.3, -0.25) is 19.9 Å². The normalized spacial score (nSPS) is 13.4. The van der Waals surface area contributed by atoms with Crippen LogP contribution in [0.15, 0.2) is 30.3 Å². The first-order valence-electron chi connectivity index (χ1n) is 12.9. The van der Waals surface area contributed by atoms with Crippen molar-refractivity contribution in [3.63, 3.8) is 0 Å². The Labute approximate surface area is 227 Å². The van der Waals surface area contributed by atoms with Crippen molar-refractivity contribution in [1.82, 2.24) is 15.1 Å². The van der Waals surface area contributed by atoms with Gasteiger partial charge in [-0.05, 0) is 69.3 Å². The summed E-state index contributed by atoms with van der Waals surface area (Å²) < 4.78 is 0. The van der Waals surface area contributed by atoms with Crippen molar-refractivity contribution in [3.8, 4) is 11.5 Å². The van der Waals surface area contributed by atoms with Crippen LogP contribution in [-0.2, 0) is 34.1 Å². The lowest BCUT2D eigenvalue weighted by Gasteiger charge is -2.29. The highest BCUT2D eigenvalue weighted by Crippen LogP contribution is 2.40. The highest BCUT2D eigenvalue weighted by Gasteiger charge is 2.28. The predicted octanol–water partition coefficient (Wildman–Crippen LogP) is 5.07. The van der Waals surface area contributed by atoms with Crippen LogP contribution in [0.5, 0.6) is 11.5 Å². The molecule has 0 aliphatic rings. The van der Waals surface area contributed by atoms with E-state index in [1.54, 1.807) is 19.2 Å². The molecule has 2 rings (SSSR count). The molecule has 0 spiro atoms. The van der Waals surface area contributed by atoms with Gasteiger partial charge in [0.15, 0.2) is 6.35 Å². The topological polar surface area (TPSA) is 113 Å². The first-order chi connectivity index (χ1) is 17.3. The molecule has 3 amide bonds. The van der Waals surface area contributed by atoms with Crippen molar-refractivity contribution in [3.05, 3.63) is 58.1 Å². The van der Waals surface area contributed by atoms with Crippen LogP contribution in [0.4, 0.5) is 4.79 Å². The van der Waals surface area contributed by atoms with Crippen LogP contribution in [0.2, 0.25) is 0 Å². The van der Waals surface area contributed by atoms with Gasteiger partial charge in [-0.15, -0.1) is 0 Å². The minimum absolute atomic E-state index is 0.0227. The summed E-state index contributed by atoms with van der Waals surface area (Å²) in [6.45, 7) is 18.2. The highest BCUT2D eigenvalue weighted by atomic mass is 16.3. The van der Waals surface area contributed by atoms with Crippen molar-refractivity contribution >= 4 is 12.4 Å². The molecule has 2 aromatic carbocycles. The minimum atomic E-state index is -1.35. The van der Waals surface area contributed by atoms with Crippen molar-refractivity contribution in [1.29, 1.82) is 0 Å². The van der Waals surface area contributed by atoms with Crippen LogP contribution in [0, 0.1) is 0 Å². The van der Waals surface area contributed by atoms with Gasteiger partial charge < -0.3 is 15.3 Å². The molecule has 0 radical (unpaired) electrons. The fourth-order valence-corrected chi connectivity index (χ4v) is 4.24. The number of aliphatic hydroxyl groups is 1. The number of carbonyl (C=O) groups is 2. The Hall–Kier alpha value is -3.10. The second-order valence-corrected chi connectivity index (χ2v) is 13.1. The average molecular weight is 528 g/mol. The molecule has 0 aliphatic heterocycles. The van der Waals surface area contributed by atoms with Crippen molar-refractivity contribution in [2.75, 3.05) is 7.05 Å². The van der Waals surface area contributed by atoms with Crippen molar-refractivity contribution in [2.24, 2.45) is 0 Å². The van der Waals surface area contributed by atoms with Gasteiger partial charge in [-0.25, -0.2) is 4.79 Å². The smallest absolute Gasteiger partial charge is 0.327 e. The number of carbonyl (C=O) groups excluding carboxylic acids is 2. The number of urea groups is 1. The van der Waals surface area contributed by atoms with E-state index < -0.39 is 12.4 Å². The second kappa shape index (κ2) is 11.3. The number of aromatic hydroxyl groups is 2. The number of benzene rings is 2. The van der Waals surface area contributed by atoms with E-state index in [-0.39, 0.29) is 34.3 Å². The Kier molecular flexibility index (Phi) is 9.28. The number of nitrogens with one attached hydrogen (secondary N) is 1. The van der Waals surface area contributed by atoms with Crippen LogP contribution >= 0.6 is 0 Å². The molecule has 0 saturated heterocycles. The summed E-state index contributed by atoms with van der Waals surface area (Å²) in [5.41, 5.74) is 2.83. The Morgan fingerprint density at radius 2 is 1.32 bits per heavy atom. The van der Waals surface area contributed by atoms with E-state index in [0.29, 0.717) is 18.5 Å². The highest BCUT2D eigenvalue weighted by molar-refractivity contribution is 5.84. The first kappa shape index (κ1) is 31.1. The molecule has 1 atom stereocenters. The number of hydrogen-bond acceptors (Lipinski definition) is 6. The van der Waals surface area contributed by atoms with Crippen LogP contribution in [-0.4, -0.2) is 51.0 Å². The number of amides is 3. The number of imide groups is 1.